The number of hydrogen-bond donors (Lipinski definition) is 1. The predicted molar refractivity (Wildman–Crippen MR) is 85.5 cm³/mol. The smallest absolute Gasteiger partial charge is 0.128 e. The molecule has 2 N–H and O–H groups in total. The Bertz CT molecular complexity index is 642. The van der Waals surface area contributed by atoms with Gasteiger partial charge in [0.1, 0.15) is 11.9 Å². The molecule has 0 aromatic heterocycles. The Morgan fingerprint density at radius 3 is 2.55 bits per heavy atom. The highest BCUT2D eigenvalue weighted by atomic mass is 79.9. The number of halogens is 3. The molecule has 3 rings (SSSR count). The molecule has 1 aliphatic rings. The van der Waals surface area contributed by atoms with Gasteiger partial charge >= 0.3 is 0 Å². The second-order valence-corrected chi connectivity index (χ2v) is 6.50. The number of nitrogens with two attached hydrogens (primary N) is 1. The maximum atomic E-state index is 6.26. The summed E-state index contributed by atoms with van der Waals surface area (Å²) in [6.07, 6.45) is 0.423. The number of fused-ring (bicyclic) bond motifs is 1. The third-order valence-electron chi connectivity index (χ3n) is 3.43. The van der Waals surface area contributed by atoms with E-state index in [0.717, 1.165) is 21.3 Å². The SMILES string of the molecule is N[C@@H]1CC(c2c(Cl)cccc2Cl)Oc2ccc(Br)cc21. The normalized spacial score (nSPS) is 21.2. The number of rotatable bonds is 1. The van der Waals surface area contributed by atoms with Gasteiger partial charge in [-0.15, -0.1) is 0 Å². The Morgan fingerprint density at radius 2 is 1.85 bits per heavy atom. The third-order valence-corrected chi connectivity index (χ3v) is 4.58. The zero-order valence-corrected chi connectivity index (χ0v) is 13.5. The summed E-state index contributed by atoms with van der Waals surface area (Å²) in [5.74, 6) is 0.785. The van der Waals surface area contributed by atoms with Crippen LogP contribution in [0.5, 0.6) is 5.75 Å². The van der Waals surface area contributed by atoms with Crippen molar-refractivity contribution in [1.29, 1.82) is 0 Å². The number of hydrogen-bond acceptors (Lipinski definition) is 2. The van der Waals surface area contributed by atoms with E-state index in [-0.39, 0.29) is 12.1 Å². The van der Waals surface area contributed by atoms with E-state index in [2.05, 4.69) is 15.9 Å². The van der Waals surface area contributed by atoms with E-state index in [4.69, 9.17) is 33.7 Å². The van der Waals surface area contributed by atoms with Crippen molar-refractivity contribution in [3.05, 3.63) is 62.0 Å². The Morgan fingerprint density at radius 1 is 1.15 bits per heavy atom. The van der Waals surface area contributed by atoms with Crippen molar-refractivity contribution >= 4 is 39.1 Å². The standard InChI is InChI=1S/C15H12BrCl2NO/c16-8-4-5-13-9(6-8)12(19)7-14(20-13)15-10(17)2-1-3-11(15)18/h1-6,12,14H,7,19H2/t12-,14?/m1/s1. The van der Waals surface area contributed by atoms with Crippen LogP contribution in [-0.2, 0) is 0 Å². The largest absolute Gasteiger partial charge is 0.485 e. The van der Waals surface area contributed by atoms with E-state index in [1.807, 2.05) is 36.4 Å². The topological polar surface area (TPSA) is 35.2 Å². The van der Waals surface area contributed by atoms with Gasteiger partial charge in [0.25, 0.3) is 0 Å². The minimum atomic E-state index is -0.222. The van der Waals surface area contributed by atoms with E-state index in [9.17, 15) is 0 Å². The highest BCUT2D eigenvalue weighted by molar-refractivity contribution is 9.10. The molecule has 5 heteroatoms. The zero-order valence-electron chi connectivity index (χ0n) is 10.4. The summed E-state index contributed by atoms with van der Waals surface area (Å²) in [5, 5.41) is 1.21. The number of ether oxygens (including phenoxy) is 1. The van der Waals surface area contributed by atoms with Gasteiger partial charge in [-0.05, 0) is 30.3 Å². The molecule has 0 bridgehead atoms. The van der Waals surface area contributed by atoms with Gasteiger partial charge < -0.3 is 10.5 Å². The lowest BCUT2D eigenvalue weighted by Crippen LogP contribution is -2.24. The minimum absolute atomic E-state index is 0.103. The first-order valence-corrected chi connectivity index (χ1v) is 7.76. The van der Waals surface area contributed by atoms with E-state index in [1.54, 1.807) is 0 Å². The zero-order chi connectivity index (χ0) is 14.3. The van der Waals surface area contributed by atoms with Crippen LogP contribution in [0.3, 0.4) is 0 Å². The van der Waals surface area contributed by atoms with Crippen molar-refractivity contribution in [2.75, 3.05) is 0 Å². The van der Waals surface area contributed by atoms with Crippen molar-refractivity contribution in [2.24, 2.45) is 5.73 Å². The highest BCUT2D eigenvalue weighted by Gasteiger charge is 2.29. The lowest BCUT2D eigenvalue weighted by molar-refractivity contribution is 0.161. The molecule has 2 aromatic carbocycles. The van der Waals surface area contributed by atoms with Crippen molar-refractivity contribution in [2.45, 2.75) is 18.6 Å². The van der Waals surface area contributed by atoms with Crippen LogP contribution in [0.15, 0.2) is 40.9 Å². The molecule has 0 fully saturated rings. The maximum absolute atomic E-state index is 6.26. The van der Waals surface area contributed by atoms with Gasteiger partial charge in [0.05, 0.1) is 0 Å². The quantitative estimate of drug-likeness (QED) is 0.738. The molecule has 1 heterocycles. The molecule has 0 spiro atoms. The molecule has 1 unspecified atom stereocenters. The molecule has 0 radical (unpaired) electrons. The van der Waals surface area contributed by atoms with Gasteiger partial charge in [0.15, 0.2) is 0 Å². The molecule has 1 aliphatic heterocycles. The van der Waals surface area contributed by atoms with Gasteiger partial charge in [-0.25, -0.2) is 0 Å². The molecule has 0 aliphatic carbocycles. The van der Waals surface area contributed by atoms with Crippen LogP contribution in [0.4, 0.5) is 0 Å². The van der Waals surface area contributed by atoms with Crippen LogP contribution in [-0.4, -0.2) is 0 Å². The molecule has 0 saturated heterocycles. The monoisotopic (exact) mass is 371 g/mol. The van der Waals surface area contributed by atoms with Gasteiger partial charge in [-0.3, -0.25) is 0 Å². The second-order valence-electron chi connectivity index (χ2n) is 4.77. The van der Waals surface area contributed by atoms with Crippen LogP contribution in [0, 0.1) is 0 Å². The summed E-state index contributed by atoms with van der Waals surface area (Å²) in [6.45, 7) is 0. The molecule has 2 nitrogen and oxygen atoms in total. The molecule has 104 valence electrons. The van der Waals surface area contributed by atoms with Gasteiger partial charge in [0, 0.05) is 38.1 Å². The summed E-state index contributed by atoms with van der Waals surface area (Å²) in [4.78, 5) is 0. The Hall–Kier alpha value is -0.740. The van der Waals surface area contributed by atoms with E-state index >= 15 is 0 Å². The van der Waals surface area contributed by atoms with E-state index in [0.29, 0.717) is 16.5 Å². The summed E-state index contributed by atoms with van der Waals surface area (Å²) in [5.41, 5.74) is 8.06. The summed E-state index contributed by atoms with van der Waals surface area (Å²) < 4.78 is 7.03. The van der Waals surface area contributed by atoms with Crippen LogP contribution < -0.4 is 10.5 Å². The lowest BCUT2D eigenvalue weighted by atomic mass is 9.93. The lowest BCUT2D eigenvalue weighted by Gasteiger charge is -2.31. The first-order chi connectivity index (χ1) is 9.56. The Balaban J connectivity index is 2.01. The fourth-order valence-electron chi connectivity index (χ4n) is 2.47. The van der Waals surface area contributed by atoms with E-state index < -0.39 is 0 Å². The Labute approximate surface area is 136 Å². The third kappa shape index (κ3) is 2.56. The second kappa shape index (κ2) is 5.57. The van der Waals surface area contributed by atoms with Gasteiger partial charge in [0.2, 0.25) is 0 Å². The maximum Gasteiger partial charge on any atom is 0.128 e. The van der Waals surface area contributed by atoms with Gasteiger partial charge in [-0.2, -0.15) is 0 Å². The average molecular weight is 373 g/mol. The van der Waals surface area contributed by atoms with Crippen molar-refractivity contribution in [3.8, 4) is 5.75 Å². The highest BCUT2D eigenvalue weighted by Crippen LogP contribution is 2.44. The van der Waals surface area contributed by atoms with Gasteiger partial charge in [-0.1, -0.05) is 45.2 Å². The summed E-state index contributed by atoms with van der Waals surface area (Å²) in [6, 6.07) is 11.2. The van der Waals surface area contributed by atoms with Crippen LogP contribution in [0.1, 0.15) is 29.7 Å². The first-order valence-electron chi connectivity index (χ1n) is 6.22. The van der Waals surface area contributed by atoms with Crippen LogP contribution >= 0.6 is 39.1 Å². The average Bonchev–Trinajstić information content (AvgIpc) is 2.39. The molecular formula is C15H12BrCl2NO. The fourth-order valence-corrected chi connectivity index (χ4v) is 3.49. The minimum Gasteiger partial charge on any atom is -0.485 e. The predicted octanol–water partition coefficient (Wildman–Crippen LogP) is 5.28. The summed E-state index contributed by atoms with van der Waals surface area (Å²) in [7, 11) is 0. The molecule has 0 saturated carbocycles. The molecule has 2 aromatic rings. The van der Waals surface area contributed by atoms with Crippen LogP contribution in [0.2, 0.25) is 10.0 Å². The molecule has 20 heavy (non-hydrogen) atoms. The first kappa shape index (κ1) is 14.2. The molecular weight excluding hydrogens is 361 g/mol. The van der Waals surface area contributed by atoms with Crippen molar-refractivity contribution in [3.63, 3.8) is 0 Å². The summed E-state index contributed by atoms with van der Waals surface area (Å²) >= 11 is 15.9. The van der Waals surface area contributed by atoms with E-state index in [1.165, 1.54) is 0 Å². The molecule has 0 amide bonds. The molecule has 2 atom stereocenters. The Kier molecular flexibility index (Phi) is 3.95. The number of benzene rings is 2. The van der Waals surface area contributed by atoms with Crippen molar-refractivity contribution in [1.82, 2.24) is 0 Å². The fraction of sp³-hybridized carbons (Fsp3) is 0.200. The van der Waals surface area contributed by atoms with Crippen molar-refractivity contribution < 1.29 is 4.74 Å². The van der Waals surface area contributed by atoms with Crippen LogP contribution in [0.25, 0.3) is 0 Å².